The maximum absolute atomic E-state index is 12.1. The molecule has 2 rings (SSSR count). The van der Waals surface area contributed by atoms with Gasteiger partial charge in [0.25, 0.3) is 0 Å². The monoisotopic (exact) mass is 258 g/mol. The lowest BCUT2D eigenvalue weighted by atomic mass is 10.1. The van der Waals surface area contributed by atoms with Crippen molar-refractivity contribution in [1.82, 2.24) is 9.97 Å². The Kier molecular flexibility index (Phi) is 4.07. The minimum atomic E-state index is -0.0107. The van der Waals surface area contributed by atoms with Crippen molar-refractivity contribution in [1.29, 1.82) is 0 Å². The first-order chi connectivity index (χ1) is 9.22. The largest absolute Gasteiger partial charge is 0.497 e. The van der Waals surface area contributed by atoms with Gasteiger partial charge in [0.05, 0.1) is 26.3 Å². The first-order valence-corrected chi connectivity index (χ1v) is 5.75. The van der Waals surface area contributed by atoms with Crippen LogP contribution in [0.25, 0.3) is 0 Å². The van der Waals surface area contributed by atoms with Gasteiger partial charge in [-0.15, -0.1) is 0 Å². The Labute approximate surface area is 111 Å². The Bertz CT molecular complexity index is 567. The van der Waals surface area contributed by atoms with Crippen LogP contribution in [0, 0.1) is 0 Å². The molecule has 0 saturated heterocycles. The molecular formula is C14H14N2O3. The maximum Gasteiger partial charge on any atom is 0.216 e. The van der Waals surface area contributed by atoms with E-state index in [0.717, 1.165) is 5.75 Å². The van der Waals surface area contributed by atoms with Crippen molar-refractivity contribution in [2.24, 2.45) is 0 Å². The van der Waals surface area contributed by atoms with Gasteiger partial charge in [-0.05, 0) is 24.3 Å². The van der Waals surface area contributed by atoms with Crippen molar-refractivity contribution >= 4 is 5.78 Å². The van der Waals surface area contributed by atoms with E-state index in [-0.39, 0.29) is 12.2 Å². The van der Waals surface area contributed by atoms with E-state index >= 15 is 0 Å². The maximum atomic E-state index is 12.1. The van der Waals surface area contributed by atoms with Crippen molar-refractivity contribution in [3.63, 3.8) is 0 Å². The normalized spacial score (nSPS) is 10.0. The minimum absolute atomic E-state index is 0.0107. The fraction of sp³-hybridized carbons (Fsp3) is 0.214. The number of hydrogen-bond acceptors (Lipinski definition) is 5. The fourth-order valence-electron chi connectivity index (χ4n) is 1.63. The van der Waals surface area contributed by atoms with E-state index in [1.54, 1.807) is 37.4 Å². The van der Waals surface area contributed by atoms with Gasteiger partial charge in [0.15, 0.2) is 5.78 Å². The number of ketones is 1. The second kappa shape index (κ2) is 5.95. The van der Waals surface area contributed by atoms with Gasteiger partial charge in [0.2, 0.25) is 5.88 Å². The van der Waals surface area contributed by atoms with E-state index in [2.05, 4.69) is 9.97 Å². The van der Waals surface area contributed by atoms with Crippen LogP contribution >= 0.6 is 0 Å². The Balaban J connectivity index is 2.11. The summed E-state index contributed by atoms with van der Waals surface area (Å²) in [5.74, 6) is 1.16. The molecule has 19 heavy (non-hydrogen) atoms. The summed E-state index contributed by atoms with van der Waals surface area (Å²) in [6.45, 7) is 0. The number of hydrogen-bond donors (Lipinski definition) is 0. The summed E-state index contributed by atoms with van der Waals surface area (Å²) < 4.78 is 10.0. The molecule has 2 aromatic rings. The van der Waals surface area contributed by atoms with Gasteiger partial charge in [-0.25, -0.2) is 9.97 Å². The molecule has 5 heteroatoms. The molecule has 0 aliphatic rings. The van der Waals surface area contributed by atoms with Crippen LogP contribution in [0.4, 0.5) is 0 Å². The number of rotatable bonds is 5. The average molecular weight is 258 g/mol. The number of Topliss-reactive ketones (excluding diaryl/α,β-unsaturated/α-hetero) is 1. The van der Waals surface area contributed by atoms with E-state index in [0.29, 0.717) is 17.1 Å². The third-order valence-electron chi connectivity index (χ3n) is 2.66. The first kappa shape index (κ1) is 13.0. The van der Waals surface area contributed by atoms with Gasteiger partial charge in [-0.3, -0.25) is 4.79 Å². The topological polar surface area (TPSA) is 61.3 Å². The standard InChI is InChI=1S/C14H14N2O3/c1-18-12-5-3-10(4-6-12)13(17)7-11-8-14(19-2)16-9-15-11/h3-6,8-9H,7H2,1-2H3. The number of ether oxygens (including phenoxy) is 2. The number of aromatic nitrogens is 2. The molecule has 0 spiro atoms. The zero-order valence-electron chi connectivity index (χ0n) is 10.8. The van der Waals surface area contributed by atoms with Crippen molar-refractivity contribution in [3.8, 4) is 11.6 Å². The van der Waals surface area contributed by atoms with Gasteiger partial charge >= 0.3 is 0 Å². The van der Waals surface area contributed by atoms with Gasteiger partial charge in [-0.2, -0.15) is 0 Å². The van der Waals surface area contributed by atoms with Gasteiger partial charge < -0.3 is 9.47 Å². The quantitative estimate of drug-likeness (QED) is 0.767. The lowest BCUT2D eigenvalue weighted by Crippen LogP contribution is -2.05. The number of carbonyl (C=O) groups is 1. The van der Waals surface area contributed by atoms with Crippen LogP contribution in [0.2, 0.25) is 0 Å². The van der Waals surface area contributed by atoms with Crippen molar-refractivity contribution in [2.45, 2.75) is 6.42 Å². The summed E-state index contributed by atoms with van der Waals surface area (Å²) in [6.07, 6.45) is 1.60. The molecule has 0 aliphatic carbocycles. The highest BCUT2D eigenvalue weighted by molar-refractivity contribution is 5.97. The molecule has 0 saturated carbocycles. The summed E-state index contributed by atoms with van der Waals surface area (Å²) in [7, 11) is 3.11. The first-order valence-electron chi connectivity index (χ1n) is 5.75. The molecule has 0 fully saturated rings. The molecule has 0 bridgehead atoms. The Hall–Kier alpha value is -2.43. The Morgan fingerprint density at radius 1 is 1.11 bits per heavy atom. The van der Waals surface area contributed by atoms with Gasteiger partial charge in [0, 0.05) is 11.6 Å². The van der Waals surface area contributed by atoms with Gasteiger partial charge in [0.1, 0.15) is 12.1 Å². The number of carbonyl (C=O) groups excluding carboxylic acids is 1. The number of methoxy groups -OCH3 is 2. The molecule has 0 radical (unpaired) electrons. The molecule has 5 nitrogen and oxygen atoms in total. The lowest BCUT2D eigenvalue weighted by molar-refractivity contribution is 0.0992. The summed E-state index contributed by atoms with van der Waals surface area (Å²) in [6, 6.07) is 8.64. The van der Waals surface area contributed by atoms with E-state index in [4.69, 9.17) is 9.47 Å². The summed E-state index contributed by atoms with van der Waals surface area (Å²) >= 11 is 0. The SMILES string of the molecule is COc1ccc(C(=O)Cc2cc(OC)ncn2)cc1. The van der Waals surface area contributed by atoms with E-state index < -0.39 is 0 Å². The third kappa shape index (κ3) is 3.28. The van der Waals surface area contributed by atoms with Crippen molar-refractivity contribution < 1.29 is 14.3 Å². The molecule has 0 N–H and O–H groups in total. The summed E-state index contributed by atoms with van der Waals surface area (Å²) in [4.78, 5) is 20.0. The van der Waals surface area contributed by atoms with Gasteiger partial charge in [-0.1, -0.05) is 0 Å². The fourth-order valence-corrected chi connectivity index (χ4v) is 1.63. The number of nitrogens with zero attached hydrogens (tertiary/aromatic N) is 2. The van der Waals surface area contributed by atoms with Crippen LogP contribution in [-0.2, 0) is 6.42 Å². The molecule has 0 unspecified atom stereocenters. The molecule has 1 aromatic carbocycles. The van der Waals surface area contributed by atoms with E-state index in [9.17, 15) is 4.79 Å². The summed E-state index contributed by atoms with van der Waals surface area (Å²) in [5, 5.41) is 0. The molecule has 1 aromatic heterocycles. The lowest BCUT2D eigenvalue weighted by Gasteiger charge is -2.04. The zero-order chi connectivity index (χ0) is 13.7. The second-order valence-electron chi connectivity index (χ2n) is 3.88. The smallest absolute Gasteiger partial charge is 0.216 e. The molecule has 98 valence electrons. The third-order valence-corrected chi connectivity index (χ3v) is 2.66. The molecule has 0 atom stereocenters. The molecule has 1 heterocycles. The average Bonchev–Trinajstić information content (AvgIpc) is 2.47. The molecule has 0 aliphatic heterocycles. The second-order valence-corrected chi connectivity index (χ2v) is 3.88. The Morgan fingerprint density at radius 3 is 2.47 bits per heavy atom. The predicted octanol–water partition coefficient (Wildman–Crippen LogP) is 1.92. The molecule has 0 amide bonds. The van der Waals surface area contributed by atoms with Crippen molar-refractivity contribution in [2.75, 3.05) is 14.2 Å². The van der Waals surface area contributed by atoms with Crippen LogP contribution in [0.15, 0.2) is 36.7 Å². The van der Waals surface area contributed by atoms with Crippen LogP contribution < -0.4 is 9.47 Å². The van der Waals surface area contributed by atoms with Crippen LogP contribution in [0.3, 0.4) is 0 Å². The highest BCUT2D eigenvalue weighted by Crippen LogP contribution is 2.14. The van der Waals surface area contributed by atoms with E-state index in [1.165, 1.54) is 13.4 Å². The Morgan fingerprint density at radius 2 is 1.84 bits per heavy atom. The zero-order valence-corrected chi connectivity index (χ0v) is 10.8. The molecular weight excluding hydrogens is 244 g/mol. The van der Waals surface area contributed by atoms with Crippen LogP contribution in [-0.4, -0.2) is 30.0 Å². The highest BCUT2D eigenvalue weighted by Gasteiger charge is 2.09. The van der Waals surface area contributed by atoms with Crippen LogP contribution in [0.1, 0.15) is 16.1 Å². The predicted molar refractivity (Wildman–Crippen MR) is 69.6 cm³/mol. The summed E-state index contributed by atoms with van der Waals surface area (Å²) in [5.41, 5.74) is 1.26. The van der Waals surface area contributed by atoms with E-state index in [1.807, 2.05) is 0 Å². The van der Waals surface area contributed by atoms with Crippen LogP contribution in [0.5, 0.6) is 11.6 Å². The van der Waals surface area contributed by atoms with Crippen molar-refractivity contribution in [3.05, 3.63) is 47.9 Å². The number of benzene rings is 1. The highest BCUT2D eigenvalue weighted by atomic mass is 16.5. The minimum Gasteiger partial charge on any atom is -0.497 e.